The van der Waals surface area contributed by atoms with Crippen molar-refractivity contribution in [1.29, 1.82) is 0 Å². The number of carbonyl (C=O) groups is 1. The largest absolute Gasteiger partial charge is 0.463 e. The van der Waals surface area contributed by atoms with Crippen molar-refractivity contribution in [3.63, 3.8) is 0 Å². The summed E-state index contributed by atoms with van der Waals surface area (Å²) < 4.78 is 12.6. The first-order valence-electron chi connectivity index (χ1n) is 10.4. The van der Waals surface area contributed by atoms with E-state index in [0.29, 0.717) is 41.8 Å². The Morgan fingerprint density at radius 1 is 1.09 bits per heavy atom. The molecule has 0 bridgehead atoms. The maximum absolute atomic E-state index is 13.2. The number of aryl methyl sites for hydroxylation is 1. The van der Waals surface area contributed by atoms with Gasteiger partial charge in [0, 0.05) is 43.3 Å². The molecule has 1 aliphatic rings. The van der Waals surface area contributed by atoms with Crippen LogP contribution in [-0.4, -0.2) is 56.8 Å². The third-order valence-corrected chi connectivity index (χ3v) is 5.74. The van der Waals surface area contributed by atoms with Crippen LogP contribution in [0.25, 0.3) is 17.1 Å². The van der Waals surface area contributed by atoms with Crippen molar-refractivity contribution in [3.8, 4) is 17.1 Å². The van der Waals surface area contributed by atoms with Crippen LogP contribution in [0.1, 0.15) is 21.9 Å². The van der Waals surface area contributed by atoms with Gasteiger partial charge in [-0.2, -0.15) is 5.10 Å². The Kier molecular flexibility index (Phi) is 5.55. The number of amides is 1. The summed E-state index contributed by atoms with van der Waals surface area (Å²) >= 11 is 6.04. The molecule has 4 heterocycles. The molecule has 0 spiro atoms. The van der Waals surface area contributed by atoms with Crippen molar-refractivity contribution in [2.24, 2.45) is 0 Å². The first-order chi connectivity index (χ1) is 15.6. The Morgan fingerprint density at radius 2 is 1.88 bits per heavy atom. The summed E-state index contributed by atoms with van der Waals surface area (Å²) in [4.78, 5) is 17.3. The zero-order valence-corrected chi connectivity index (χ0v) is 18.3. The molecule has 0 radical (unpaired) electrons. The van der Waals surface area contributed by atoms with Gasteiger partial charge in [-0.15, -0.1) is 0 Å². The molecule has 0 saturated carbocycles. The molecule has 1 aliphatic heterocycles. The standard InChI is InChI=1S/C23H22ClN5O3/c1-16-13-19(32-26-16)15-27-8-10-28(11-9-27)23(30)20-14-21(22-3-2-12-31-22)29(25-20)18-6-4-17(24)5-7-18/h2-7,12-14H,8-11,15H2,1H3. The van der Waals surface area contributed by atoms with Crippen molar-refractivity contribution in [2.75, 3.05) is 26.2 Å². The fraction of sp³-hybridized carbons (Fsp3) is 0.261. The van der Waals surface area contributed by atoms with Crippen molar-refractivity contribution < 1.29 is 13.7 Å². The van der Waals surface area contributed by atoms with Crippen LogP contribution in [0.2, 0.25) is 5.02 Å². The number of nitrogens with zero attached hydrogens (tertiary/aromatic N) is 5. The summed E-state index contributed by atoms with van der Waals surface area (Å²) in [7, 11) is 0. The monoisotopic (exact) mass is 451 g/mol. The number of halogens is 1. The lowest BCUT2D eigenvalue weighted by atomic mass is 10.2. The number of hydrogen-bond acceptors (Lipinski definition) is 6. The van der Waals surface area contributed by atoms with Crippen LogP contribution >= 0.6 is 11.6 Å². The number of benzene rings is 1. The van der Waals surface area contributed by atoms with Gasteiger partial charge in [0.25, 0.3) is 5.91 Å². The van der Waals surface area contributed by atoms with Crippen LogP contribution in [0.3, 0.4) is 0 Å². The fourth-order valence-electron chi connectivity index (χ4n) is 3.85. The lowest BCUT2D eigenvalue weighted by Gasteiger charge is -2.33. The normalized spacial score (nSPS) is 14.8. The second-order valence-corrected chi connectivity index (χ2v) is 8.22. The molecule has 1 fully saturated rings. The van der Waals surface area contributed by atoms with Crippen LogP contribution in [-0.2, 0) is 6.54 Å². The lowest BCUT2D eigenvalue weighted by Crippen LogP contribution is -2.48. The molecule has 0 N–H and O–H groups in total. The second-order valence-electron chi connectivity index (χ2n) is 7.78. The quantitative estimate of drug-likeness (QED) is 0.455. The topological polar surface area (TPSA) is 80.5 Å². The highest BCUT2D eigenvalue weighted by Crippen LogP contribution is 2.26. The predicted molar refractivity (Wildman–Crippen MR) is 119 cm³/mol. The molecule has 1 amide bonds. The molecular weight excluding hydrogens is 430 g/mol. The van der Waals surface area contributed by atoms with Crippen molar-refractivity contribution >= 4 is 17.5 Å². The van der Waals surface area contributed by atoms with Crippen molar-refractivity contribution in [1.82, 2.24) is 24.7 Å². The molecule has 5 rings (SSSR count). The van der Waals surface area contributed by atoms with Gasteiger partial charge in [0.1, 0.15) is 5.69 Å². The summed E-state index contributed by atoms with van der Waals surface area (Å²) in [5.74, 6) is 1.38. The number of rotatable bonds is 5. The third kappa shape index (κ3) is 4.19. The molecule has 3 aromatic heterocycles. The molecule has 0 aliphatic carbocycles. The van der Waals surface area contributed by atoms with Gasteiger partial charge in [-0.1, -0.05) is 16.8 Å². The Hall–Kier alpha value is -3.36. The zero-order valence-electron chi connectivity index (χ0n) is 17.6. The average molecular weight is 452 g/mol. The van der Waals surface area contributed by atoms with Crippen LogP contribution in [0.5, 0.6) is 0 Å². The molecule has 0 unspecified atom stereocenters. The van der Waals surface area contributed by atoms with E-state index < -0.39 is 0 Å². The van der Waals surface area contributed by atoms with Crippen LogP contribution in [0, 0.1) is 6.92 Å². The SMILES string of the molecule is Cc1cc(CN2CCN(C(=O)c3cc(-c4ccco4)n(-c4ccc(Cl)cc4)n3)CC2)on1. The van der Waals surface area contributed by atoms with E-state index in [2.05, 4.69) is 15.2 Å². The first kappa shape index (κ1) is 20.5. The lowest BCUT2D eigenvalue weighted by molar-refractivity contribution is 0.0611. The maximum atomic E-state index is 13.2. The summed E-state index contributed by atoms with van der Waals surface area (Å²) in [6.07, 6.45) is 1.60. The number of furan rings is 1. The Bertz CT molecular complexity index is 1200. The summed E-state index contributed by atoms with van der Waals surface area (Å²) in [5.41, 5.74) is 2.76. The van der Waals surface area contributed by atoms with Crippen molar-refractivity contribution in [2.45, 2.75) is 13.5 Å². The number of carbonyl (C=O) groups excluding carboxylic acids is 1. The summed E-state index contributed by atoms with van der Waals surface area (Å²) in [5, 5.41) is 9.19. The minimum absolute atomic E-state index is 0.0966. The van der Waals surface area contributed by atoms with Gasteiger partial charge in [0.2, 0.25) is 0 Å². The predicted octanol–water partition coefficient (Wildman–Crippen LogP) is 4.04. The Balaban J connectivity index is 1.34. The minimum atomic E-state index is -0.0966. The molecule has 8 nitrogen and oxygen atoms in total. The summed E-state index contributed by atoms with van der Waals surface area (Å²) in [6, 6.07) is 14.7. The Morgan fingerprint density at radius 3 is 2.53 bits per heavy atom. The molecule has 4 aromatic rings. The van der Waals surface area contributed by atoms with Gasteiger partial charge in [-0.25, -0.2) is 4.68 Å². The van der Waals surface area contributed by atoms with Crippen molar-refractivity contribution in [3.05, 3.63) is 77.0 Å². The van der Waals surface area contributed by atoms with E-state index in [1.807, 2.05) is 42.2 Å². The van der Waals surface area contributed by atoms with Crippen LogP contribution in [0.15, 0.2) is 63.7 Å². The number of hydrogen-bond donors (Lipinski definition) is 0. The zero-order chi connectivity index (χ0) is 22.1. The van der Waals surface area contributed by atoms with E-state index in [-0.39, 0.29) is 5.91 Å². The van der Waals surface area contributed by atoms with E-state index in [1.54, 1.807) is 29.1 Å². The highest BCUT2D eigenvalue weighted by molar-refractivity contribution is 6.30. The molecule has 0 atom stereocenters. The fourth-order valence-corrected chi connectivity index (χ4v) is 3.97. The first-order valence-corrected chi connectivity index (χ1v) is 10.8. The van der Waals surface area contributed by atoms with Crippen LogP contribution in [0.4, 0.5) is 0 Å². The smallest absolute Gasteiger partial charge is 0.274 e. The molecule has 164 valence electrons. The van der Waals surface area contributed by atoms with Crippen LogP contribution < -0.4 is 0 Å². The average Bonchev–Trinajstić information content (AvgIpc) is 3.55. The third-order valence-electron chi connectivity index (χ3n) is 5.49. The van der Waals surface area contributed by atoms with Gasteiger partial charge < -0.3 is 13.8 Å². The molecular formula is C23H22ClN5O3. The minimum Gasteiger partial charge on any atom is -0.463 e. The van der Waals surface area contributed by atoms with Gasteiger partial charge in [0.05, 0.1) is 24.2 Å². The van der Waals surface area contributed by atoms with E-state index in [0.717, 1.165) is 30.2 Å². The van der Waals surface area contributed by atoms with E-state index in [1.165, 1.54) is 0 Å². The second kappa shape index (κ2) is 8.64. The van der Waals surface area contributed by atoms with Gasteiger partial charge >= 0.3 is 0 Å². The molecule has 32 heavy (non-hydrogen) atoms. The molecule has 1 aromatic carbocycles. The maximum Gasteiger partial charge on any atom is 0.274 e. The number of aromatic nitrogens is 3. The van der Waals surface area contributed by atoms with E-state index in [4.69, 9.17) is 20.5 Å². The highest BCUT2D eigenvalue weighted by Gasteiger charge is 2.26. The highest BCUT2D eigenvalue weighted by atomic mass is 35.5. The molecule has 9 heteroatoms. The van der Waals surface area contributed by atoms with Gasteiger partial charge in [-0.3, -0.25) is 9.69 Å². The van der Waals surface area contributed by atoms with Gasteiger partial charge in [-0.05, 0) is 43.3 Å². The Labute approximate surface area is 190 Å². The number of piperazine rings is 1. The van der Waals surface area contributed by atoms with E-state index in [9.17, 15) is 4.79 Å². The summed E-state index contributed by atoms with van der Waals surface area (Å²) in [6.45, 7) is 5.36. The molecule has 1 saturated heterocycles. The van der Waals surface area contributed by atoms with Gasteiger partial charge in [0.15, 0.2) is 17.2 Å². The van der Waals surface area contributed by atoms with E-state index >= 15 is 0 Å².